The third-order valence-corrected chi connectivity index (χ3v) is 5.57. The molecule has 54 heavy (non-hydrogen) atoms. The number of hydrazine groups is 1. The molecule has 0 atom stereocenters. The summed E-state index contributed by atoms with van der Waals surface area (Å²) in [6.07, 6.45) is 7.68. The molecule has 0 aromatic carbocycles. The molecule has 4 aromatic rings. The number of alkyl halides is 12. The maximum atomic E-state index is 12.7. The Labute approximate surface area is 334 Å². The summed E-state index contributed by atoms with van der Waals surface area (Å²) in [6, 6.07) is 0. The Hall–Kier alpha value is -3.45. The number of hydrogen-bond donors (Lipinski definition) is 3. The number of ether oxygens (including phenoxy) is 1. The lowest BCUT2D eigenvalue weighted by molar-refractivity contribution is -0.180. The quantitative estimate of drug-likeness (QED) is 0.0382. The van der Waals surface area contributed by atoms with E-state index in [4.69, 9.17) is 52.2 Å². The van der Waals surface area contributed by atoms with Crippen molar-refractivity contribution in [3.05, 3.63) is 58.5 Å². The summed E-state index contributed by atoms with van der Waals surface area (Å²) in [7, 11) is 0. The molecule has 30 heteroatoms. The minimum absolute atomic E-state index is 0. The largest absolute Gasteiger partial charge is 0.418 e. The number of Topliss-reactive ketones (excluding diaryl/α,β-unsaturated/α-hetero) is 1. The van der Waals surface area contributed by atoms with Crippen LogP contribution in [0.2, 0.25) is 15.5 Å². The number of aromatic nitrogens is 8. The molecule has 4 rings (SSSR count). The van der Waals surface area contributed by atoms with Gasteiger partial charge in [0, 0.05) is 6.20 Å². The Morgan fingerprint density at radius 1 is 0.667 bits per heavy atom. The Bertz CT molecular complexity index is 1740. The van der Waals surface area contributed by atoms with E-state index in [-0.39, 0.29) is 44.1 Å². The second-order valence-electron chi connectivity index (χ2n) is 8.00. The number of carbonyl (C=O) groups is 3. The van der Waals surface area contributed by atoms with Crippen molar-refractivity contribution in [2.24, 2.45) is 5.84 Å². The first kappa shape index (κ1) is 54.9. The first-order valence-corrected chi connectivity index (χ1v) is 14.5. The molecule has 0 bridgehead atoms. The lowest BCUT2D eigenvalue weighted by Crippen LogP contribution is -2.33. The van der Waals surface area contributed by atoms with Gasteiger partial charge in [0.15, 0.2) is 11.5 Å². The molecule has 0 aliphatic rings. The van der Waals surface area contributed by atoms with Crippen molar-refractivity contribution in [1.29, 1.82) is 0 Å². The van der Waals surface area contributed by atoms with E-state index in [0.717, 1.165) is 4.40 Å². The van der Waals surface area contributed by atoms with Crippen LogP contribution >= 0.6 is 81.2 Å². The molecule has 4 heterocycles. The van der Waals surface area contributed by atoms with E-state index >= 15 is 0 Å². The van der Waals surface area contributed by atoms with Gasteiger partial charge in [-0.2, -0.15) is 35.1 Å². The predicted octanol–water partition coefficient (Wildman–Crippen LogP) is 8.05. The molecule has 4 N–H and O–H groups in total. The Morgan fingerprint density at radius 2 is 1.11 bits per heavy atom. The Morgan fingerprint density at radius 3 is 1.48 bits per heavy atom. The van der Waals surface area contributed by atoms with Gasteiger partial charge < -0.3 is 15.5 Å². The highest BCUT2D eigenvalue weighted by atomic mass is 35.5. The highest BCUT2D eigenvalue weighted by Gasteiger charge is 2.46. The number of nitrogens with one attached hydrogen (secondary N) is 2. The van der Waals surface area contributed by atoms with Crippen LogP contribution in [0.4, 0.5) is 46.8 Å². The van der Waals surface area contributed by atoms with Crippen LogP contribution in [-0.2, 0) is 24.5 Å². The van der Waals surface area contributed by atoms with Gasteiger partial charge in [0.1, 0.15) is 21.3 Å². The number of fused-ring (bicyclic) bond motifs is 1. The summed E-state index contributed by atoms with van der Waals surface area (Å²) in [5.41, 5.74) is 2.48. The van der Waals surface area contributed by atoms with Gasteiger partial charge in [-0.15, -0.1) is 10.2 Å². The molecule has 0 amide bonds. The van der Waals surface area contributed by atoms with Crippen molar-refractivity contribution in [3.63, 3.8) is 0 Å². The van der Waals surface area contributed by atoms with Crippen molar-refractivity contribution >= 4 is 116 Å². The van der Waals surface area contributed by atoms with Gasteiger partial charge in [0.25, 0.3) is 0 Å². The maximum Gasteiger partial charge on any atom is 0.418 e. The van der Waals surface area contributed by atoms with Crippen LogP contribution in [0.25, 0.3) is 5.65 Å². The van der Waals surface area contributed by atoms with E-state index in [2.05, 4.69) is 85.4 Å². The molecule has 0 spiro atoms. The molecule has 0 aliphatic heterocycles. The lowest BCUT2D eigenvalue weighted by Gasteiger charge is -2.08. The minimum atomic E-state index is -4.54. The molecular weight excluding hydrogens is 906 g/mol. The Balaban J connectivity index is -0.000000639. The molecular formula is C24H24Cl7F8N11O4. The summed E-state index contributed by atoms with van der Waals surface area (Å²) in [6.45, 7) is -0.632. The third-order valence-electron chi connectivity index (χ3n) is 4.30. The van der Waals surface area contributed by atoms with Crippen LogP contribution in [0.3, 0.4) is 0 Å². The number of nitrogens with zero attached hydrogens (tertiary/aromatic N) is 8. The Kier molecular flexibility index (Phi) is 23.9. The van der Waals surface area contributed by atoms with Crippen LogP contribution in [-0.4, -0.2) is 79.9 Å². The number of halogens is 15. The van der Waals surface area contributed by atoms with Crippen LogP contribution in [0.15, 0.2) is 37.2 Å². The number of hydrogen-bond acceptors (Lipinski definition) is 14. The summed E-state index contributed by atoms with van der Waals surface area (Å²) in [5.74, 6) is -1.68. The number of rotatable bonds is 8. The molecule has 0 unspecified atom stereocenters. The molecule has 304 valence electrons. The second kappa shape index (κ2) is 23.5. The molecule has 15 nitrogen and oxygen atoms in total. The second-order valence-corrected chi connectivity index (χ2v) is 11.1. The number of nitrogens with two attached hydrogens (primary N) is 1. The third kappa shape index (κ3) is 20.3. The number of carbonyl (C=O) groups excluding carboxylic acids is 3. The number of esters is 2. The van der Waals surface area contributed by atoms with Crippen molar-refractivity contribution in [3.8, 4) is 0 Å². The highest BCUT2D eigenvalue weighted by Crippen LogP contribution is 2.31. The van der Waals surface area contributed by atoms with E-state index in [1.165, 1.54) is 37.2 Å². The van der Waals surface area contributed by atoms with Gasteiger partial charge in [-0.1, -0.05) is 57.1 Å². The van der Waals surface area contributed by atoms with Gasteiger partial charge in [-0.3, -0.25) is 9.20 Å². The highest BCUT2D eigenvalue weighted by molar-refractivity contribution is 6.34. The van der Waals surface area contributed by atoms with Gasteiger partial charge in [-0.25, -0.2) is 40.4 Å². The molecule has 0 saturated carbocycles. The van der Waals surface area contributed by atoms with E-state index < -0.39 is 51.6 Å². The average molecular weight is 931 g/mol. The normalized spacial score (nSPS) is 10.8. The van der Waals surface area contributed by atoms with Crippen molar-refractivity contribution in [2.45, 2.75) is 43.8 Å². The minimum Gasteiger partial charge on any atom is -0.382 e. The van der Waals surface area contributed by atoms with Crippen LogP contribution in [0, 0.1) is 0 Å². The first-order valence-electron chi connectivity index (χ1n) is 11.8. The summed E-state index contributed by atoms with van der Waals surface area (Å²) < 4.78 is 101. The maximum absolute atomic E-state index is 12.7. The van der Waals surface area contributed by atoms with Crippen LogP contribution in [0.5, 0.6) is 0 Å². The van der Waals surface area contributed by atoms with Gasteiger partial charge >= 0.3 is 33.5 Å². The molecule has 4 aromatic heterocycles. The fourth-order valence-corrected chi connectivity index (χ4v) is 2.85. The molecule has 0 radical (unpaired) electrons. The summed E-state index contributed by atoms with van der Waals surface area (Å²) in [5, 5.41) is -6.94. The topological polar surface area (TPSA) is 205 Å². The van der Waals surface area contributed by atoms with Crippen LogP contribution in [0.1, 0.15) is 28.1 Å². The van der Waals surface area contributed by atoms with E-state index in [0.29, 0.717) is 11.0 Å². The fraction of sp³-hybridized carbons (Fsp3) is 0.333. The average Bonchev–Trinajstić information content (AvgIpc) is 3.44. The van der Waals surface area contributed by atoms with Crippen molar-refractivity contribution in [2.75, 3.05) is 17.3 Å². The summed E-state index contributed by atoms with van der Waals surface area (Å²) >= 11 is 33.8. The predicted molar refractivity (Wildman–Crippen MR) is 185 cm³/mol. The first-order chi connectivity index (χ1) is 23.2. The molecule has 0 saturated heterocycles. The number of ketones is 1. The van der Waals surface area contributed by atoms with E-state index in [1.807, 2.05) is 0 Å². The monoisotopic (exact) mass is 927 g/mol. The number of nitrogen functional groups attached to an aromatic ring is 1. The van der Waals surface area contributed by atoms with Crippen molar-refractivity contribution < 1.29 is 54.2 Å². The standard InChI is InChI=1S/C7H5Cl2F2N3O.C6H2Cl2F2N4.C4Cl2F4O3.C4H5ClN4.3CH4/c8-5-2-14-6(3-12-5)13-1-4(15)7(9,10)11;7-3-2-14-4(1-11-3)12-13-5(14)6(8,9)10;5-3(7,8)1(11)13-2(12)4(6,9)10;5-3-1-8-4(9-6)2-7-3;;;/h2-3H,1H2,(H,13,14);1-2H;;1-2H,6H2,(H,8,9);3*1H4. The fourth-order valence-electron chi connectivity index (χ4n) is 2.23. The summed E-state index contributed by atoms with van der Waals surface area (Å²) in [4.78, 5) is 49.1. The SMILES string of the molecule is C.C.C.FC(F)(Cl)c1nnc2cnc(Cl)cn12.NNc1cnc(Cl)cn1.O=C(CNc1cnc(Cl)cn1)C(F)(F)Cl.O=C(OC(=O)C(F)(F)Cl)C(F)(F)Cl. The molecule has 0 fully saturated rings. The van der Waals surface area contributed by atoms with Crippen LogP contribution < -0.4 is 16.6 Å². The molecule has 0 aliphatic carbocycles. The van der Waals surface area contributed by atoms with Gasteiger partial charge in [0.2, 0.25) is 11.6 Å². The zero-order valence-corrected chi connectivity index (χ0v) is 28.9. The van der Waals surface area contributed by atoms with Gasteiger partial charge in [-0.05, 0) is 46.4 Å². The van der Waals surface area contributed by atoms with Gasteiger partial charge in [0.05, 0.1) is 37.5 Å². The smallest absolute Gasteiger partial charge is 0.382 e. The van der Waals surface area contributed by atoms with E-state index in [9.17, 15) is 49.5 Å². The number of anilines is 2. The zero-order valence-electron chi connectivity index (χ0n) is 23.6. The lowest BCUT2D eigenvalue weighted by atomic mass is 10.4. The van der Waals surface area contributed by atoms with Crippen molar-refractivity contribution in [1.82, 2.24) is 39.5 Å². The van der Waals surface area contributed by atoms with E-state index in [1.54, 1.807) is 0 Å². The zero-order chi connectivity index (χ0) is 39.4.